The molecule has 0 atom stereocenters. The van der Waals surface area contributed by atoms with Gasteiger partial charge in [0.15, 0.2) is 0 Å². The van der Waals surface area contributed by atoms with Gasteiger partial charge in [-0.2, -0.15) is 0 Å². The first kappa shape index (κ1) is 13.9. The van der Waals surface area contributed by atoms with Gasteiger partial charge in [0.05, 0.1) is 0 Å². The summed E-state index contributed by atoms with van der Waals surface area (Å²) in [6.07, 6.45) is 1.90. The molecular formula is C20H18Ge. The maximum absolute atomic E-state index is 3.84. The van der Waals surface area contributed by atoms with Crippen molar-refractivity contribution >= 4 is 33.6 Å². The average molecular weight is 331 g/mol. The summed E-state index contributed by atoms with van der Waals surface area (Å²) in [6.45, 7) is 3.84. The first-order valence-corrected chi connectivity index (χ1v) is 10.8. The summed E-state index contributed by atoms with van der Waals surface area (Å²) in [6, 6.07) is 30.8. The van der Waals surface area contributed by atoms with E-state index in [9.17, 15) is 0 Å². The third kappa shape index (κ3) is 3.17. The molecule has 0 aliphatic rings. The monoisotopic (exact) mass is 332 g/mol. The normalized spacial score (nSPS) is 10.5. The molecule has 0 unspecified atom stereocenters. The Bertz CT molecular complexity index is 660. The summed E-state index contributed by atoms with van der Waals surface area (Å²) < 4.78 is 4.50. The molecule has 3 aromatic carbocycles. The molecule has 0 N–H and O–H groups in total. The van der Waals surface area contributed by atoms with Crippen LogP contribution in [0.5, 0.6) is 0 Å². The molecule has 102 valence electrons. The summed E-state index contributed by atoms with van der Waals surface area (Å²) in [4.78, 5) is 0. The van der Waals surface area contributed by atoms with Crippen LogP contribution in [-0.2, 0) is 0 Å². The minimum absolute atomic E-state index is 1.18. The van der Waals surface area contributed by atoms with Crippen molar-refractivity contribution in [2.75, 3.05) is 0 Å². The summed E-state index contributed by atoms with van der Waals surface area (Å²) in [7, 11) is 0. The fraction of sp³-hybridized carbons (Fsp3) is 0. The Morgan fingerprint density at radius 1 is 0.571 bits per heavy atom. The Balaban J connectivity index is 2.09. The first-order chi connectivity index (χ1) is 10.4. The van der Waals surface area contributed by atoms with Crippen molar-refractivity contribution in [2.45, 2.75) is 0 Å². The summed E-state index contributed by atoms with van der Waals surface area (Å²) in [5.41, 5.74) is 1.18. The SMILES string of the molecule is C=Cc1cc[c]([GeH]([c]2ccccc2)[c]2ccccc2)cc1. The zero-order valence-electron chi connectivity index (χ0n) is 11.9. The second kappa shape index (κ2) is 6.60. The van der Waals surface area contributed by atoms with Crippen molar-refractivity contribution in [2.24, 2.45) is 0 Å². The predicted octanol–water partition coefficient (Wildman–Crippen LogP) is 2.58. The van der Waals surface area contributed by atoms with Crippen LogP contribution in [0.15, 0.2) is 91.5 Å². The van der Waals surface area contributed by atoms with E-state index in [0.717, 1.165) is 0 Å². The molecule has 3 aromatic rings. The standard InChI is InChI=1S/C20H18Ge/c1-2-17-13-15-20(16-14-17)21(18-9-5-3-6-10-18)19-11-7-4-8-12-19/h2-16,21H,1H2. The fourth-order valence-corrected chi connectivity index (χ4v) is 8.87. The maximum atomic E-state index is 3.84. The number of rotatable bonds is 4. The van der Waals surface area contributed by atoms with Crippen molar-refractivity contribution in [1.29, 1.82) is 0 Å². The molecule has 0 bridgehead atoms. The zero-order chi connectivity index (χ0) is 14.5. The second-order valence-electron chi connectivity index (χ2n) is 5.13. The van der Waals surface area contributed by atoms with E-state index in [-0.39, 0.29) is 0 Å². The molecule has 3 rings (SSSR count). The molecule has 0 saturated carbocycles. The Morgan fingerprint density at radius 3 is 1.43 bits per heavy atom. The van der Waals surface area contributed by atoms with E-state index in [1.165, 1.54) is 18.8 Å². The van der Waals surface area contributed by atoms with E-state index >= 15 is 0 Å². The molecule has 0 heterocycles. The summed E-state index contributed by atoms with van der Waals surface area (Å²) in [5.74, 6) is 0. The molecule has 0 aliphatic carbocycles. The van der Waals surface area contributed by atoms with Crippen molar-refractivity contribution in [3.05, 3.63) is 97.1 Å². The molecular weight excluding hydrogens is 313 g/mol. The molecule has 0 radical (unpaired) electrons. The van der Waals surface area contributed by atoms with E-state index in [4.69, 9.17) is 0 Å². The van der Waals surface area contributed by atoms with Crippen LogP contribution >= 0.6 is 0 Å². The zero-order valence-corrected chi connectivity index (χ0v) is 14.4. The van der Waals surface area contributed by atoms with Gasteiger partial charge in [0.1, 0.15) is 0 Å². The van der Waals surface area contributed by atoms with E-state index in [1.54, 1.807) is 0 Å². The van der Waals surface area contributed by atoms with Crippen molar-refractivity contribution < 1.29 is 0 Å². The summed E-state index contributed by atoms with van der Waals surface area (Å²) in [5, 5.41) is 0. The van der Waals surface area contributed by atoms with Crippen LogP contribution in [-0.4, -0.2) is 14.3 Å². The van der Waals surface area contributed by atoms with Crippen LogP contribution < -0.4 is 13.2 Å². The van der Waals surface area contributed by atoms with E-state index in [2.05, 4.69) is 91.5 Å². The van der Waals surface area contributed by atoms with Gasteiger partial charge in [-0.15, -0.1) is 0 Å². The van der Waals surface area contributed by atoms with Gasteiger partial charge in [-0.05, 0) is 0 Å². The van der Waals surface area contributed by atoms with E-state index in [0.29, 0.717) is 0 Å². The van der Waals surface area contributed by atoms with Crippen LogP contribution in [0, 0.1) is 0 Å². The molecule has 0 amide bonds. The van der Waals surface area contributed by atoms with E-state index < -0.39 is 14.3 Å². The molecule has 0 nitrogen and oxygen atoms in total. The minimum atomic E-state index is -1.95. The van der Waals surface area contributed by atoms with Crippen molar-refractivity contribution in [3.63, 3.8) is 0 Å². The molecule has 0 spiro atoms. The van der Waals surface area contributed by atoms with Gasteiger partial charge in [-0.3, -0.25) is 0 Å². The van der Waals surface area contributed by atoms with Gasteiger partial charge in [-0.25, -0.2) is 0 Å². The van der Waals surface area contributed by atoms with Crippen molar-refractivity contribution in [3.8, 4) is 0 Å². The van der Waals surface area contributed by atoms with Gasteiger partial charge < -0.3 is 0 Å². The third-order valence-electron chi connectivity index (χ3n) is 3.77. The molecule has 0 fully saturated rings. The molecule has 0 saturated heterocycles. The average Bonchev–Trinajstić information content (AvgIpc) is 2.58. The summed E-state index contributed by atoms with van der Waals surface area (Å²) >= 11 is -1.95. The van der Waals surface area contributed by atoms with Crippen LogP contribution in [0.25, 0.3) is 6.08 Å². The second-order valence-corrected chi connectivity index (χ2v) is 11.1. The quantitative estimate of drug-likeness (QED) is 0.645. The van der Waals surface area contributed by atoms with Gasteiger partial charge in [0.2, 0.25) is 0 Å². The number of benzene rings is 3. The van der Waals surface area contributed by atoms with Crippen LogP contribution in [0.4, 0.5) is 0 Å². The molecule has 21 heavy (non-hydrogen) atoms. The van der Waals surface area contributed by atoms with Crippen LogP contribution in [0.3, 0.4) is 0 Å². The Hall–Kier alpha value is -2.06. The van der Waals surface area contributed by atoms with E-state index in [1.807, 2.05) is 6.08 Å². The number of hydrogen-bond acceptors (Lipinski definition) is 0. The van der Waals surface area contributed by atoms with Crippen molar-refractivity contribution in [1.82, 2.24) is 0 Å². The Kier molecular flexibility index (Phi) is 4.37. The molecule has 1 heteroatoms. The van der Waals surface area contributed by atoms with Crippen LogP contribution in [0.2, 0.25) is 0 Å². The Morgan fingerprint density at radius 2 is 1.00 bits per heavy atom. The Labute approximate surface area is 130 Å². The fourth-order valence-electron chi connectivity index (χ4n) is 2.69. The molecule has 0 aliphatic heterocycles. The topological polar surface area (TPSA) is 0 Å². The first-order valence-electron chi connectivity index (χ1n) is 7.21. The van der Waals surface area contributed by atoms with Gasteiger partial charge in [0, 0.05) is 0 Å². The molecule has 0 aromatic heterocycles. The number of hydrogen-bond donors (Lipinski definition) is 0. The van der Waals surface area contributed by atoms with Gasteiger partial charge >= 0.3 is 131 Å². The predicted molar refractivity (Wildman–Crippen MR) is 95.5 cm³/mol. The third-order valence-corrected chi connectivity index (χ3v) is 10.4. The van der Waals surface area contributed by atoms with Gasteiger partial charge in [-0.1, -0.05) is 0 Å². The van der Waals surface area contributed by atoms with Crippen LogP contribution in [0.1, 0.15) is 5.56 Å². The van der Waals surface area contributed by atoms with Gasteiger partial charge in [0.25, 0.3) is 0 Å².